The molecule has 0 saturated heterocycles. The van der Waals surface area contributed by atoms with E-state index in [2.05, 4.69) is 4.98 Å². The Kier molecular flexibility index (Phi) is 3.97. The van der Waals surface area contributed by atoms with Gasteiger partial charge in [0.05, 0.1) is 4.90 Å². The molecule has 118 valence electrons. The third-order valence-electron chi connectivity index (χ3n) is 3.45. The zero-order chi connectivity index (χ0) is 16.4. The number of sulfonamides is 1. The molecule has 1 aromatic carbocycles. The van der Waals surface area contributed by atoms with E-state index in [4.69, 9.17) is 4.42 Å². The van der Waals surface area contributed by atoms with E-state index < -0.39 is 15.6 Å². The van der Waals surface area contributed by atoms with Crippen molar-refractivity contribution in [3.05, 3.63) is 70.8 Å². The number of nitrogens with zero attached hydrogens (tertiary/aromatic N) is 2. The molecule has 0 fully saturated rings. The van der Waals surface area contributed by atoms with Crippen molar-refractivity contribution in [3.8, 4) is 0 Å². The molecule has 0 amide bonds. The molecule has 0 aliphatic carbocycles. The molecular formula is C16H14N2O4S. The van der Waals surface area contributed by atoms with Crippen LogP contribution in [0.25, 0.3) is 11.0 Å². The van der Waals surface area contributed by atoms with Crippen LogP contribution in [-0.2, 0) is 16.6 Å². The second kappa shape index (κ2) is 5.94. The van der Waals surface area contributed by atoms with Crippen LogP contribution in [0.15, 0.2) is 69.0 Å². The Labute approximate surface area is 133 Å². The van der Waals surface area contributed by atoms with E-state index in [1.54, 1.807) is 30.6 Å². The highest BCUT2D eigenvalue weighted by atomic mass is 32.2. The Morgan fingerprint density at radius 3 is 2.57 bits per heavy atom. The number of benzene rings is 1. The van der Waals surface area contributed by atoms with Gasteiger partial charge in [0.15, 0.2) is 0 Å². The summed E-state index contributed by atoms with van der Waals surface area (Å²) < 4.78 is 31.6. The molecule has 23 heavy (non-hydrogen) atoms. The number of aromatic nitrogens is 1. The van der Waals surface area contributed by atoms with Gasteiger partial charge in [-0.15, -0.1) is 0 Å². The van der Waals surface area contributed by atoms with Gasteiger partial charge < -0.3 is 4.42 Å². The predicted molar refractivity (Wildman–Crippen MR) is 85.4 cm³/mol. The first-order valence-corrected chi connectivity index (χ1v) is 8.30. The van der Waals surface area contributed by atoms with Crippen LogP contribution < -0.4 is 5.63 Å². The van der Waals surface area contributed by atoms with Gasteiger partial charge in [0.2, 0.25) is 10.0 Å². The summed E-state index contributed by atoms with van der Waals surface area (Å²) in [6, 6.07) is 10.8. The van der Waals surface area contributed by atoms with Crippen LogP contribution in [0.4, 0.5) is 0 Å². The van der Waals surface area contributed by atoms with Crippen LogP contribution in [0.1, 0.15) is 5.56 Å². The lowest BCUT2D eigenvalue weighted by atomic mass is 10.2. The fourth-order valence-corrected chi connectivity index (χ4v) is 3.42. The quantitative estimate of drug-likeness (QED) is 0.684. The van der Waals surface area contributed by atoms with Gasteiger partial charge in [-0.05, 0) is 42.0 Å². The lowest BCUT2D eigenvalue weighted by Gasteiger charge is -2.17. The minimum absolute atomic E-state index is 0.149. The van der Waals surface area contributed by atoms with Gasteiger partial charge in [-0.3, -0.25) is 4.98 Å². The predicted octanol–water partition coefficient (Wildman–Crippen LogP) is 2.01. The maximum atomic E-state index is 12.7. The molecular weight excluding hydrogens is 316 g/mol. The van der Waals surface area contributed by atoms with Crippen LogP contribution in [0.3, 0.4) is 0 Å². The molecule has 0 N–H and O–H groups in total. The highest BCUT2D eigenvalue weighted by Crippen LogP contribution is 2.21. The van der Waals surface area contributed by atoms with E-state index >= 15 is 0 Å². The van der Waals surface area contributed by atoms with E-state index in [-0.39, 0.29) is 11.4 Å². The topological polar surface area (TPSA) is 80.5 Å². The molecule has 3 rings (SSSR count). The Bertz CT molecular complexity index is 997. The smallest absolute Gasteiger partial charge is 0.336 e. The van der Waals surface area contributed by atoms with E-state index in [1.165, 1.54) is 35.6 Å². The third kappa shape index (κ3) is 3.15. The fraction of sp³-hybridized carbons (Fsp3) is 0.125. The maximum Gasteiger partial charge on any atom is 0.336 e. The van der Waals surface area contributed by atoms with E-state index in [0.29, 0.717) is 11.0 Å². The molecule has 0 aliphatic rings. The first kappa shape index (κ1) is 15.4. The van der Waals surface area contributed by atoms with Crippen molar-refractivity contribution in [2.75, 3.05) is 7.05 Å². The summed E-state index contributed by atoms with van der Waals surface area (Å²) in [5.74, 6) is 0. The summed E-state index contributed by atoms with van der Waals surface area (Å²) in [7, 11) is -2.13. The third-order valence-corrected chi connectivity index (χ3v) is 5.25. The molecule has 2 heterocycles. The zero-order valence-electron chi connectivity index (χ0n) is 12.3. The molecule has 0 radical (unpaired) electrons. The van der Waals surface area contributed by atoms with E-state index in [0.717, 1.165) is 5.56 Å². The molecule has 0 saturated carbocycles. The second-order valence-corrected chi connectivity index (χ2v) is 7.12. The molecule has 0 unspecified atom stereocenters. The Balaban J connectivity index is 1.95. The lowest BCUT2D eigenvalue weighted by molar-refractivity contribution is 0.466. The molecule has 3 aromatic rings. The molecule has 0 aliphatic heterocycles. The number of rotatable bonds is 4. The van der Waals surface area contributed by atoms with E-state index in [9.17, 15) is 13.2 Å². The largest absolute Gasteiger partial charge is 0.423 e. The molecule has 0 atom stereocenters. The number of hydrogen-bond donors (Lipinski definition) is 0. The molecule has 7 heteroatoms. The summed E-state index contributed by atoms with van der Waals surface area (Å²) in [5.41, 5.74) is 0.731. The van der Waals surface area contributed by atoms with Crippen molar-refractivity contribution < 1.29 is 12.8 Å². The Hall–Kier alpha value is -2.51. The van der Waals surface area contributed by atoms with Gasteiger partial charge in [0, 0.05) is 37.4 Å². The van der Waals surface area contributed by atoms with Crippen LogP contribution in [0, 0.1) is 0 Å². The molecule has 0 bridgehead atoms. The van der Waals surface area contributed by atoms with Crippen LogP contribution >= 0.6 is 0 Å². The summed E-state index contributed by atoms with van der Waals surface area (Å²) >= 11 is 0. The molecule has 2 aromatic heterocycles. The average Bonchev–Trinajstić information content (AvgIpc) is 2.55. The maximum absolute atomic E-state index is 12.7. The summed E-state index contributed by atoms with van der Waals surface area (Å²) in [5, 5.41) is 0.558. The van der Waals surface area contributed by atoms with Crippen molar-refractivity contribution in [2.45, 2.75) is 11.4 Å². The minimum Gasteiger partial charge on any atom is -0.423 e. The summed E-state index contributed by atoms with van der Waals surface area (Å²) in [6.07, 6.45) is 3.24. The molecule has 6 nitrogen and oxygen atoms in total. The number of fused-ring (bicyclic) bond motifs is 1. The molecule has 0 spiro atoms. The number of hydrogen-bond acceptors (Lipinski definition) is 5. The van der Waals surface area contributed by atoms with Crippen LogP contribution in [0.2, 0.25) is 0 Å². The highest BCUT2D eigenvalue weighted by molar-refractivity contribution is 7.89. The van der Waals surface area contributed by atoms with Gasteiger partial charge >= 0.3 is 5.63 Å². The van der Waals surface area contributed by atoms with Gasteiger partial charge in [0.1, 0.15) is 5.58 Å². The second-order valence-electron chi connectivity index (χ2n) is 5.07. The zero-order valence-corrected chi connectivity index (χ0v) is 13.2. The lowest BCUT2D eigenvalue weighted by Crippen LogP contribution is -2.26. The summed E-state index contributed by atoms with van der Waals surface area (Å²) in [6.45, 7) is 0.243. The summed E-state index contributed by atoms with van der Waals surface area (Å²) in [4.78, 5) is 15.2. The van der Waals surface area contributed by atoms with Gasteiger partial charge in [0.25, 0.3) is 0 Å². The Morgan fingerprint density at radius 1 is 1.09 bits per heavy atom. The first-order valence-electron chi connectivity index (χ1n) is 6.86. The van der Waals surface area contributed by atoms with Crippen LogP contribution in [-0.4, -0.2) is 24.8 Å². The normalized spacial score (nSPS) is 11.9. The minimum atomic E-state index is -3.65. The van der Waals surface area contributed by atoms with Crippen molar-refractivity contribution in [3.63, 3.8) is 0 Å². The van der Waals surface area contributed by atoms with Crippen LogP contribution in [0.5, 0.6) is 0 Å². The SMILES string of the molecule is CN(Cc1ccncc1)S(=O)(=O)c1ccc2oc(=O)ccc2c1. The van der Waals surface area contributed by atoms with Gasteiger partial charge in [-0.25, -0.2) is 13.2 Å². The van der Waals surface area contributed by atoms with E-state index in [1.807, 2.05) is 0 Å². The standard InChI is InChI=1S/C16H14N2O4S/c1-18(11-12-6-8-17-9-7-12)23(20,21)14-3-4-15-13(10-14)2-5-16(19)22-15/h2-10H,11H2,1H3. The van der Waals surface area contributed by atoms with Crippen molar-refractivity contribution in [1.29, 1.82) is 0 Å². The van der Waals surface area contributed by atoms with Gasteiger partial charge in [-0.1, -0.05) is 0 Å². The fourth-order valence-electron chi connectivity index (χ4n) is 2.22. The average molecular weight is 330 g/mol. The van der Waals surface area contributed by atoms with Crippen molar-refractivity contribution >= 4 is 21.0 Å². The van der Waals surface area contributed by atoms with Gasteiger partial charge in [-0.2, -0.15) is 4.31 Å². The monoisotopic (exact) mass is 330 g/mol. The first-order chi connectivity index (χ1) is 11.0. The highest BCUT2D eigenvalue weighted by Gasteiger charge is 2.21. The van der Waals surface area contributed by atoms with Crippen molar-refractivity contribution in [1.82, 2.24) is 9.29 Å². The number of pyridine rings is 1. The Morgan fingerprint density at radius 2 is 1.83 bits per heavy atom. The van der Waals surface area contributed by atoms with Crippen molar-refractivity contribution in [2.24, 2.45) is 0 Å².